The Morgan fingerprint density at radius 3 is 2.50 bits per heavy atom. The number of benzene rings is 2. The van der Waals surface area contributed by atoms with E-state index >= 15 is 0 Å². The van der Waals surface area contributed by atoms with Crippen molar-refractivity contribution in [1.82, 2.24) is 9.97 Å². The van der Waals surface area contributed by atoms with Crippen molar-refractivity contribution in [3.8, 4) is 11.5 Å². The Morgan fingerprint density at radius 2 is 1.81 bits per heavy atom. The molecule has 0 aliphatic rings. The first-order valence-corrected chi connectivity index (χ1v) is 10.1. The summed E-state index contributed by atoms with van der Waals surface area (Å²) in [5.74, 6) is 0.902. The van der Waals surface area contributed by atoms with Gasteiger partial charge in [0.2, 0.25) is 0 Å². The van der Waals surface area contributed by atoms with E-state index in [9.17, 15) is 19.7 Å². The van der Waals surface area contributed by atoms with Gasteiger partial charge in [-0.25, -0.2) is 4.79 Å². The predicted octanol–water partition coefficient (Wildman–Crippen LogP) is 4.43. The van der Waals surface area contributed by atoms with Crippen LogP contribution in [0, 0.1) is 10.1 Å². The summed E-state index contributed by atoms with van der Waals surface area (Å²) in [6.07, 6.45) is 2.77. The molecule has 0 aliphatic carbocycles. The Bertz CT molecular complexity index is 1300. The minimum atomic E-state index is -1.09. The third kappa shape index (κ3) is 5.57. The van der Waals surface area contributed by atoms with Gasteiger partial charge in [-0.3, -0.25) is 19.9 Å². The number of nitrogens with one attached hydrogen (secondary N) is 2. The largest absolute Gasteiger partial charge is 0.490 e. The summed E-state index contributed by atoms with van der Waals surface area (Å²) in [6, 6.07) is 10.1. The maximum absolute atomic E-state index is 11.7. The highest BCUT2D eigenvalue weighted by atomic mass is 35.5. The van der Waals surface area contributed by atoms with Gasteiger partial charge in [-0.1, -0.05) is 41.4 Å². The highest BCUT2D eigenvalue weighted by Crippen LogP contribution is 2.31. The third-order valence-corrected chi connectivity index (χ3v) is 4.82. The molecule has 2 aromatic carbocycles. The summed E-state index contributed by atoms with van der Waals surface area (Å²) in [5.41, 5.74) is -1.57. The molecule has 2 N–H and O–H groups in total. The van der Waals surface area contributed by atoms with Crippen LogP contribution in [0.15, 0.2) is 46.0 Å². The Labute approximate surface area is 191 Å². The van der Waals surface area contributed by atoms with Crippen LogP contribution in [-0.4, -0.2) is 21.5 Å². The number of halogens is 2. The van der Waals surface area contributed by atoms with Crippen molar-refractivity contribution in [3.63, 3.8) is 0 Å². The third-order valence-electron chi connectivity index (χ3n) is 4.24. The molecule has 0 bridgehead atoms. The van der Waals surface area contributed by atoms with Crippen LogP contribution in [0.2, 0.25) is 10.0 Å². The van der Waals surface area contributed by atoms with Crippen molar-refractivity contribution in [2.24, 2.45) is 0 Å². The fourth-order valence-corrected chi connectivity index (χ4v) is 3.25. The van der Waals surface area contributed by atoms with E-state index in [-0.39, 0.29) is 12.3 Å². The normalized spacial score (nSPS) is 11.0. The molecule has 3 aromatic rings. The average Bonchev–Trinajstić information content (AvgIpc) is 2.72. The SMILES string of the molecule is CCOc1cc(/C=C\c2[nH]c(=O)[nH]c(=O)c2[N+](=O)[O-])ccc1OCc1ccc(Cl)cc1Cl. The molecule has 0 saturated carbocycles. The van der Waals surface area contributed by atoms with E-state index in [0.29, 0.717) is 33.7 Å². The van der Waals surface area contributed by atoms with Crippen LogP contribution >= 0.6 is 23.2 Å². The number of H-pyrrole nitrogens is 2. The number of aromatic amines is 2. The van der Waals surface area contributed by atoms with Crippen molar-refractivity contribution in [2.45, 2.75) is 13.5 Å². The number of hydrogen-bond acceptors (Lipinski definition) is 6. The summed E-state index contributed by atoms with van der Waals surface area (Å²) in [4.78, 5) is 37.6. The van der Waals surface area contributed by atoms with Crippen molar-refractivity contribution in [2.75, 3.05) is 6.61 Å². The topological polar surface area (TPSA) is 127 Å². The van der Waals surface area contributed by atoms with E-state index in [1.807, 2.05) is 11.9 Å². The second-order valence-corrected chi connectivity index (χ2v) is 7.27. The molecule has 0 aliphatic heterocycles. The van der Waals surface area contributed by atoms with Crippen LogP contribution < -0.4 is 20.7 Å². The molecule has 0 unspecified atom stereocenters. The van der Waals surface area contributed by atoms with Gasteiger partial charge in [0.05, 0.1) is 11.5 Å². The molecule has 11 heteroatoms. The molecule has 0 saturated heterocycles. The number of hydrogen-bond donors (Lipinski definition) is 2. The fourth-order valence-electron chi connectivity index (χ4n) is 2.79. The van der Waals surface area contributed by atoms with Gasteiger partial charge in [-0.15, -0.1) is 0 Å². The van der Waals surface area contributed by atoms with Gasteiger partial charge < -0.3 is 14.5 Å². The predicted molar refractivity (Wildman–Crippen MR) is 122 cm³/mol. The molecule has 1 aromatic heterocycles. The van der Waals surface area contributed by atoms with Gasteiger partial charge in [-0.05, 0) is 42.8 Å². The maximum atomic E-state index is 11.7. The summed E-state index contributed by atoms with van der Waals surface area (Å²) >= 11 is 12.1. The quantitative estimate of drug-likeness (QED) is 0.364. The second kappa shape index (κ2) is 10.2. The number of ether oxygens (including phenoxy) is 2. The number of nitro groups is 1. The first-order chi connectivity index (χ1) is 15.3. The first kappa shape index (κ1) is 23.1. The lowest BCUT2D eigenvalue weighted by Gasteiger charge is -2.13. The Hall–Kier alpha value is -3.56. The van der Waals surface area contributed by atoms with Gasteiger partial charge in [-0.2, -0.15) is 0 Å². The molecular formula is C21H17Cl2N3O6. The minimum absolute atomic E-state index is 0.186. The molecule has 0 amide bonds. The molecule has 0 atom stereocenters. The standard InChI is InChI=1S/C21H17Cl2N3O6/c1-2-31-18-9-12(3-7-16-19(26(29)30)20(27)25-21(28)24-16)4-8-17(18)32-11-13-5-6-14(22)10-15(13)23/h3-10H,2,11H2,1H3,(H2,24,25,27,28)/b7-3-. The Morgan fingerprint density at radius 1 is 1.03 bits per heavy atom. The molecular weight excluding hydrogens is 461 g/mol. The van der Waals surface area contributed by atoms with E-state index < -0.39 is 21.9 Å². The minimum Gasteiger partial charge on any atom is -0.490 e. The highest BCUT2D eigenvalue weighted by molar-refractivity contribution is 6.35. The molecule has 0 fully saturated rings. The van der Waals surface area contributed by atoms with Gasteiger partial charge >= 0.3 is 16.9 Å². The first-order valence-electron chi connectivity index (χ1n) is 9.31. The van der Waals surface area contributed by atoms with E-state index in [0.717, 1.165) is 5.56 Å². The van der Waals surface area contributed by atoms with Crippen molar-refractivity contribution in [3.05, 3.63) is 94.2 Å². The van der Waals surface area contributed by atoms with Gasteiger partial charge in [0.1, 0.15) is 12.3 Å². The van der Waals surface area contributed by atoms with Crippen molar-refractivity contribution >= 4 is 41.0 Å². The van der Waals surface area contributed by atoms with Crippen LogP contribution in [0.3, 0.4) is 0 Å². The Kier molecular flexibility index (Phi) is 7.34. The van der Waals surface area contributed by atoms with Gasteiger partial charge in [0, 0.05) is 15.6 Å². The lowest BCUT2D eigenvalue weighted by atomic mass is 10.1. The molecule has 32 heavy (non-hydrogen) atoms. The van der Waals surface area contributed by atoms with Crippen molar-refractivity contribution in [1.29, 1.82) is 0 Å². The summed E-state index contributed by atoms with van der Waals surface area (Å²) in [6.45, 7) is 2.37. The Balaban J connectivity index is 1.87. The zero-order valence-corrected chi connectivity index (χ0v) is 18.2. The van der Waals surface area contributed by atoms with E-state index in [1.165, 1.54) is 12.2 Å². The molecule has 166 valence electrons. The summed E-state index contributed by atoms with van der Waals surface area (Å²) in [7, 11) is 0. The van der Waals surface area contributed by atoms with Gasteiger partial charge in [0.15, 0.2) is 11.5 Å². The highest BCUT2D eigenvalue weighted by Gasteiger charge is 2.18. The second-order valence-electron chi connectivity index (χ2n) is 6.42. The van der Waals surface area contributed by atoms with Crippen LogP contribution in [0.25, 0.3) is 12.2 Å². The van der Waals surface area contributed by atoms with Crippen LogP contribution in [-0.2, 0) is 6.61 Å². The molecule has 0 spiro atoms. The monoisotopic (exact) mass is 477 g/mol. The summed E-state index contributed by atoms with van der Waals surface area (Å²) in [5, 5.41) is 12.2. The average molecular weight is 478 g/mol. The molecule has 1 heterocycles. The van der Waals surface area contributed by atoms with Crippen LogP contribution in [0.5, 0.6) is 11.5 Å². The number of nitrogens with zero attached hydrogens (tertiary/aromatic N) is 1. The van der Waals surface area contributed by atoms with Crippen LogP contribution in [0.1, 0.15) is 23.7 Å². The molecule has 0 radical (unpaired) electrons. The molecule has 9 nitrogen and oxygen atoms in total. The van der Waals surface area contributed by atoms with E-state index in [2.05, 4.69) is 4.98 Å². The van der Waals surface area contributed by atoms with E-state index in [1.54, 1.807) is 36.4 Å². The number of rotatable bonds is 8. The van der Waals surface area contributed by atoms with E-state index in [4.69, 9.17) is 32.7 Å². The maximum Gasteiger partial charge on any atom is 0.357 e. The zero-order valence-electron chi connectivity index (χ0n) is 16.7. The lowest BCUT2D eigenvalue weighted by molar-refractivity contribution is -0.386. The fraction of sp³-hybridized carbons (Fsp3) is 0.143. The van der Waals surface area contributed by atoms with Crippen LogP contribution in [0.4, 0.5) is 5.69 Å². The lowest BCUT2D eigenvalue weighted by Crippen LogP contribution is -2.25. The number of aromatic nitrogens is 2. The molecule has 3 rings (SSSR count). The van der Waals surface area contributed by atoms with Crippen molar-refractivity contribution < 1.29 is 14.4 Å². The summed E-state index contributed by atoms with van der Waals surface area (Å²) < 4.78 is 11.5. The zero-order chi connectivity index (χ0) is 23.3. The smallest absolute Gasteiger partial charge is 0.357 e. The van der Waals surface area contributed by atoms with Gasteiger partial charge in [0.25, 0.3) is 0 Å².